The van der Waals surface area contributed by atoms with E-state index in [0.717, 1.165) is 0 Å². The first-order valence-electron chi connectivity index (χ1n) is 5.77. The summed E-state index contributed by atoms with van der Waals surface area (Å²) in [6.45, 7) is 1.63. The Balaban J connectivity index is 2.31. The molecule has 0 radical (unpaired) electrons. The van der Waals surface area contributed by atoms with Gasteiger partial charge >= 0.3 is 0 Å². The minimum absolute atomic E-state index is 0.0352. The van der Waals surface area contributed by atoms with Gasteiger partial charge in [0.1, 0.15) is 11.5 Å². The van der Waals surface area contributed by atoms with Crippen LogP contribution in [0.4, 0.5) is 5.69 Å². The number of aliphatic hydroxyl groups is 1. The van der Waals surface area contributed by atoms with Gasteiger partial charge < -0.3 is 9.84 Å². The maximum absolute atomic E-state index is 10.7. The largest absolute Gasteiger partial charge is 0.457 e. The highest BCUT2D eigenvalue weighted by molar-refractivity contribution is 5.43. The molecular weight excluding hydrogens is 246 g/mol. The van der Waals surface area contributed by atoms with E-state index in [1.165, 1.54) is 12.1 Å². The van der Waals surface area contributed by atoms with Gasteiger partial charge in [-0.05, 0) is 19.1 Å². The van der Waals surface area contributed by atoms with Gasteiger partial charge in [-0.1, -0.05) is 24.3 Å². The molecule has 5 nitrogen and oxygen atoms in total. The van der Waals surface area contributed by atoms with Crippen LogP contribution in [0.25, 0.3) is 0 Å². The third kappa shape index (κ3) is 3.08. The van der Waals surface area contributed by atoms with Crippen molar-refractivity contribution in [2.45, 2.75) is 13.0 Å². The number of para-hydroxylation sites is 1. The third-order valence-electron chi connectivity index (χ3n) is 2.63. The Kier molecular flexibility index (Phi) is 3.77. The smallest absolute Gasteiger partial charge is 0.273 e. The van der Waals surface area contributed by atoms with Gasteiger partial charge in [0.25, 0.3) is 5.69 Å². The summed E-state index contributed by atoms with van der Waals surface area (Å²) in [7, 11) is 0. The maximum atomic E-state index is 10.7. The number of aliphatic hydroxyl groups excluding tert-OH is 1. The van der Waals surface area contributed by atoms with Crippen molar-refractivity contribution in [2.75, 3.05) is 0 Å². The summed E-state index contributed by atoms with van der Waals surface area (Å²) < 4.78 is 5.60. The topological polar surface area (TPSA) is 72.6 Å². The molecule has 2 rings (SSSR count). The molecule has 1 N–H and O–H groups in total. The molecule has 0 fully saturated rings. The van der Waals surface area contributed by atoms with Crippen molar-refractivity contribution >= 4 is 5.69 Å². The summed E-state index contributed by atoms with van der Waals surface area (Å²) in [6, 6.07) is 13.0. The standard InChI is InChI=1S/C14H13NO4/c1-10(16)13-7-2-3-8-14(13)19-12-6-4-5-11(9-12)15(17)18/h2-10,16H,1H3/t10-/m0/s1. The monoisotopic (exact) mass is 259 g/mol. The van der Waals surface area contributed by atoms with Crippen LogP contribution in [0, 0.1) is 10.1 Å². The van der Waals surface area contributed by atoms with E-state index in [1.807, 2.05) is 0 Å². The van der Waals surface area contributed by atoms with E-state index < -0.39 is 11.0 Å². The van der Waals surface area contributed by atoms with Crippen molar-refractivity contribution in [3.8, 4) is 11.5 Å². The molecule has 0 spiro atoms. The molecule has 98 valence electrons. The molecule has 0 heterocycles. The van der Waals surface area contributed by atoms with E-state index in [-0.39, 0.29) is 5.69 Å². The van der Waals surface area contributed by atoms with E-state index in [1.54, 1.807) is 43.3 Å². The zero-order valence-electron chi connectivity index (χ0n) is 10.3. The Morgan fingerprint density at radius 1 is 1.21 bits per heavy atom. The SMILES string of the molecule is C[C@H](O)c1ccccc1Oc1cccc([N+](=O)[O-])c1. The molecule has 1 atom stereocenters. The molecule has 0 saturated heterocycles. The van der Waals surface area contributed by atoms with E-state index in [2.05, 4.69) is 0 Å². The molecule has 0 aliphatic rings. The van der Waals surface area contributed by atoms with Gasteiger partial charge in [0.2, 0.25) is 0 Å². The van der Waals surface area contributed by atoms with Crippen LogP contribution >= 0.6 is 0 Å². The first-order valence-corrected chi connectivity index (χ1v) is 5.77. The summed E-state index contributed by atoms with van der Waals surface area (Å²) in [5, 5.41) is 20.3. The quantitative estimate of drug-likeness (QED) is 0.674. The summed E-state index contributed by atoms with van der Waals surface area (Å²) in [6.07, 6.45) is -0.671. The lowest BCUT2D eigenvalue weighted by molar-refractivity contribution is -0.384. The Labute approximate surface area is 110 Å². The van der Waals surface area contributed by atoms with Crippen LogP contribution in [0.3, 0.4) is 0 Å². The number of non-ortho nitro benzene ring substituents is 1. The summed E-state index contributed by atoms with van der Waals surface area (Å²) in [4.78, 5) is 10.2. The first-order chi connectivity index (χ1) is 9.08. The Morgan fingerprint density at radius 3 is 2.63 bits per heavy atom. The molecule has 0 aliphatic carbocycles. The van der Waals surface area contributed by atoms with Crippen molar-refractivity contribution < 1.29 is 14.8 Å². The van der Waals surface area contributed by atoms with Crippen LogP contribution in [-0.2, 0) is 0 Å². The van der Waals surface area contributed by atoms with Gasteiger partial charge in [-0.3, -0.25) is 10.1 Å². The summed E-state index contributed by atoms with van der Waals surface area (Å²) >= 11 is 0. The normalized spacial score (nSPS) is 11.9. The Morgan fingerprint density at radius 2 is 1.95 bits per heavy atom. The number of benzene rings is 2. The first kappa shape index (κ1) is 13.0. The third-order valence-corrected chi connectivity index (χ3v) is 2.63. The second kappa shape index (κ2) is 5.49. The zero-order valence-corrected chi connectivity index (χ0v) is 10.3. The molecule has 0 amide bonds. The van der Waals surface area contributed by atoms with Crippen LogP contribution in [0.15, 0.2) is 48.5 Å². The fraction of sp³-hybridized carbons (Fsp3) is 0.143. The van der Waals surface area contributed by atoms with Crippen LogP contribution < -0.4 is 4.74 Å². The van der Waals surface area contributed by atoms with Gasteiger partial charge in [0.15, 0.2) is 0 Å². The molecule has 0 unspecified atom stereocenters. The van der Waals surface area contributed by atoms with E-state index in [9.17, 15) is 15.2 Å². The minimum atomic E-state index is -0.671. The molecule has 0 aromatic heterocycles. The second-order valence-corrected chi connectivity index (χ2v) is 4.07. The van der Waals surface area contributed by atoms with E-state index in [0.29, 0.717) is 17.1 Å². The molecule has 0 saturated carbocycles. The average molecular weight is 259 g/mol. The van der Waals surface area contributed by atoms with Gasteiger partial charge in [-0.15, -0.1) is 0 Å². The number of hydrogen-bond donors (Lipinski definition) is 1. The van der Waals surface area contributed by atoms with Crippen LogP contribution in [0.1, 0.15) is 18.6 Å². The van der Waals surface area contributed by atoms with Crippen LogP contribution in [-0.4, -0.2) is 10.0 Å². The van der Waals surface area contributed by atoms with Crippen molar-refractivity contribution in [3.05, 3.63) is 64.2 Å². The highest BCUT2D eigenvalue weighted by Crippen LogP contribution is 2.30. The Hall–Kier alpha value is -2.40. The van der Waals surface area contributed by atoms with Crippen LogP contribution in [0.2, 0.25) is 0 Å². The Bertz CT molecular complexity index is 596. The van der Waals surface area contributed by atoms with Crippen LogP contribution in [0.5, 0.6) is 11.5 Å². The second-order valence-electron chi connectivity index (χ2n) is 4.07. The molecule has 5 heteroatoms. The number of ether oxygens (including phenoxy) is 1. The van der Waals surface area contributed by atoms with Crippen molar-refractivity contribution in [1.29, 1.82) is 0 Å². The predicted molar refractivity (Wildman–Crippen MR) is 70.2 cm³/mol. The lowest BCUT2D eigenvalue weighted by atomic mass is 10.1. The van der Waals surface area contributed by atoms with Crippen molar-refractivity contribution in [1.82, 2.24) is 0 Å². The predicted octanol–water partition coefficient (Wildman–Crippen LogP) is 3.44. The van der Waals surface area contributed by atoms with Gasteiger partial charge in [0.05, 0.1) is 17.1 Å². The number of nitro benzene ring substituents is 1. The fourth-order valence-corrected chi connectivity index (χ4v) is 1.71. The summed E-state index contributed by atoms with van der Waals surface area (Å²) in [5.41, 5.74) is 0.598. The maximum Gasteiger partial charge on any atom is 0.273 e. The molecule has 0 bridgehead atoms. The molecule has 0 aliphatic heterocycles. The van der Waals surface area contributed by atoms with Crippen molar-refractivity contribution in [3.63, 3.8) is 0 Å². The highest BCUT2D eigenvalue weighted by Gasteiger charge is 2.11. The highest BCUT2D eigenvalue weighted by atomic mass is 16.6. The van der Waals surface area contributed by atoms with Gasteiger partial charge in [0, 0.05) is 11.6 Å². The molecule has 2 aromatic rings. The fourth-order valence-electron chi connectivity index (χ4n) is 1.71. The minimum Gasteiger partial charge on any atom is -0.457 e. The molecule has 2 aromatic carbocycles. The zero-order chi connectivity index (χ0) is 13.8. The van der Waals surface area contributed by atoms with Gasteiger partial charge in [-0.2, -0.15) is 0 Å². The van der Waals surface area contributed by atoms with E-state index >= 15 is 0 Å². The lowest BCUT2D eigenvalue weighted by Gasteiger charge is -2.12. The summed E-state index contributed by atoms with van der Waals surface area (Å²) in [5.74, 6) is 0.847. The lowest BCUT2D eigenvalue weighted by Crippen LogP contribution is -1.96. The van der Waals surface area contributed by atoms with Gasteiger partial charge in [-0.25, -0.2) is 0 Å². The molecular formula is C14H13NO4. The average Bonchev–Trinajstić information content (AvgIpc) is 2.39. The number of rotatable bonds is 4. The van der Waals surface area contributed by atoms with E-state index in [4.69, 9.17) is 4.74 Å². The van der Waals surface area contributed by atoms with Crippen molar-refractivity contribution in [2.24, 2.45) is 0 Å². The molecule has 19 heavy (non-hydrogen) atoms. The number of nitro groups is 1. The number of nitrogens with zero attached hydrogens (tertiary/aromatic N) is 1. The number of hydrogen-bond acceptors (Lipinski definition) is 4.